The fraction of sp³-hybridized carbons (Fsp3) is 1.00. The molecule has 0 aromatic carbocycles. The number of rotatable bonds is 7. The van der Waals surface area contributed by atoms with Crippen molar-refractivity contribution < 1.29 is 4.74 Å². The molecular formula is C10H23NO. The predicted molar refractivity (Wildman–Crippen MR) is 53.4 cm³/mol. The second-order valence-electron chi connectivity index (χ2n) is 3.65. The van der Waals surface area contributed by atoms with E-state index in [0.717, 1.165) is 12.5 Å². The van der Waals surface area contributed by atoms with Gasteiger partial charge in [-0.05, 0) is 39.2 Å². The first kappa shape index (κ1) is 11.9. The van der Waals surface area contributed by atoms with Crippen LogP contribution < -0.4 is 5.32 Å². The molecule has 0 aromatic heterocycles. The van der Waals surface area contributed by atoms with Crippen molar-refractivity contribution in [1.29, 1.82) is 0 Å². The van der Waals surface area contributed by atoms with Crippen molar-refractivity contribution in [3.63, 3.8) is 0 Å². The van der Waals surface area contributed by atoms with Gasteiger partial charge < -0.3 is 10.1 Å². The van der Waals surface area contributed by atoms with Crippen molar-refractivity contribution in [2.45, 2.75) is 39.2 Å². The third kappa shape index (κ3) is 6.62. The Labute approximate surface area is 76.7 Å². The van der Waals surface area contributed by atoms with Crippen LogP contribution in [0.1, 0.15) is 33.1 Å². The highest BCUT2D eigenvalue weighted by atomic mass is 16.5. The largest absolute Gasteiger partial charge is 0.385 e. The summed E-state index contributed by atoms with van der Waals surface area (Å²) in [7, 11) is 3.79. The van der Waals surface area contributed by atoms with Crippen molar-refractivity contribution in [2.75, 3.05) is 20.8 Å². The average molecular weight is 173 g/mol. The molecule has 1 N–H and O–H groups in total. The lowest BCUT2D eigenvalue weighted by Gasteiger charge is -2.14. The highest BCUT2D eigenvalue weighted by Gasteiger charge is 2.04. The maximum atomic E-state index is 5.03. The summed E-state index contributed by atoms with van der Waals surface area (Å²) in [4.78, 5) is 0. The van der Waals surface area contributed by atoms with Gasteiger partial charge in [-0.1, -0.05) is 6.92 Å². The SMILES string of the molecule is CNC(C)CCC(C)CCOC. The molecule has 0 aliphatic carbocycles. The molecule has 0 saturated carbocycles. The zero-order chi connectivity index (χ0) is 9.40. The first-order chi connectivity index (χ1) is 5.70. The van der Waals surface area contributed by atoms with E-state index in [0.29, 0.717) is 6.04 Å². The number of hydrogen-bond donors (Lipinski definition) is 1. The normalized spacial score (nSPS) is 16.0. The molecule has 12 heavy (non-hydrogen) atoms. The van der Waals surface area contributed by atoms with Gasteiger partial charge in [0.15, 0.2) is 0 Å². The monoisotopic (exact) mass is 173 g/mol. The van der Waals surface area contributed by atoms with Crippen LogP contribution in [0.5, 0.6) is 0 Å². The van der Waals surface area contributed by atoms with Crippen molar-refractivity contribution >= 4 is 0 Å². The molecule has 0 aliphatic heterocycles. The van der Waals surface area contributed by atoms with Gasteiger partial charge in [0.05, 0.1) is 0 Å². The van der Waals surface area contributed by atoms with Crippen LogP contribution in [0.2, 0.25) is 0 Å². The smallest absolute Gasteiger partial charge is 0.0464 e. The molecule has 2 atom stereocenters. The minimum Gasteiger partial charge on any atom is -0.385 e. The van der Waals surface area contributed by atoms with Crippen LogP contribution in [0.3, 0.4) is 0 Å². The van der Waals surface area contributed by atoms with Crippen molar-refractivity contribution in [2.24, 2.45) is 5.92 Å². The van der Waals surface area contributed by atoms with Crippen LogP contribution in [-0.2, 0) is 4.74 Å². The zero-order valence-electron chi connectivity index (χ0n) is 8.89. The summed E-state index contributed by atoms with van der Waals surface area (Å²) in [6.45, 7) is 5.42. The van der Waals surface area contributed by atoms with E-state index in [2.05, 4.69) is 19.2 Å². The van der Waals surface area contributed by atoms with Crippen molar-refractivity contribution in [3.05, 3.63) is 0 Å². The Balaban J connectivity index is 3.24. The fourth-order valence-corrected chi connectivity index (χ4v) is 1.14. The second kappa shape index (κ2) is 7.56. The van der Waals surface area contributed by atoms with E-state index in [1.165, 1.54) is 19.3 Å². The Morgan fingerprint density at radius 2 is 1.83 bits per heavy atom. The summed E-state index contributed by atoms with van der Waals surface area (Å²) in [5, 5.41) is 3.25. The van der Waals surface area contributed by atoms with Gasteiger partial charge in [0, 0.05) is 19.8 Å². The third-order valence-electron chi connectivity index (χ3n) is 2.40. The molecular weight excluding hydrogens is 150 g/mol. The molecule has 0 amide bonds. The van der Waals surface area contributed by atoms with Crippen molar-refractivity contribution in [3.8, 4) is 0 Å². The molecule has 0 spiro atoms. The quantitative estimate of drug-likeness (QED) is 0.636. The van der Waals surface area contributed by atoms with E-state index >= 15 is 0 Å². The van der Waals surface area contributed by atoms with E-state index < -0.39 is 0 Å². The zero-order valence-corrected chi connectivity index (χ0v) is 8.89. The topological polar surface area (TPSA) is 21.3 Å². The van der Waals surface area contributed by atoms with Crippen LogP contribution in [-0.4, -0.2) is 26.8 Å². The Kier molecular flexibility index (Phi) is 7.51. The van der Waals surface area contributed by atoms with Crippen LogP contribution in [0.4, 0.5) is 0 Å². The average Bonchev–Trinajstić information content (AvgIpc) is 2.10. The summed E-state index contributed by atoms with van der Waals surface area (Å²) < 4.78 is 5.03. The summed E-state index contributed by atoms with van der Waals surface area (Å²) in [5.74, 6) is 0.792. The van der Waals surface area contributed by atoms with Gasteiger partial charge in [-0.25, -0.2) is 0 Å². The number of hydrogen-bond acceptors (Lipinski definition) is 2. The molecule has 0 rings (SSSR count). The van der Waals surface area contributed by atoms with E-state index in [1.54, 1.807) is 7.11 Å². The molecule has 0 bridgehead atoms. The number of methoxy groups -OCH3 is 1. The first-order valence-corrected chi connectivity index (χ1v) is 4.87. The Bertz CT molecular complexity index is 95.8. The standard InChI is InChI=1S/C10H23NO/c1-9(7-8-12-4)5-6-10(2)11-3/h9-11H,5-8H2,1-4H3. The van der Waals surface area contributed by atoms with Gasteiger partial charge in [0.2, 0.25) is 0 Å². The minimum absolute atomic E-state index is 0.648. The van der Waals surface area contributed by atoms with Gasteiger partial charge in [-0.3, -0.25) is 0 Å². The molecule has 2 heteroatoms. The van der Waals surface area contributed by atoms with Crippen LogP contribution in [0.15, 0.2) is 0 Å². The third-order valence-corrected chi connectivity index (χ3v) is 2.40. The van der Waals surface area contributed by atoms with Gasteiger partial charge in [0.25, 0.3) is 0 Å². The van der Waals surface area contributed by atoms with Crippen LogP contribution >= 0.6 is 0 Å². The number of ether oxygens (including phenoxy) is 1. The van der Waals surface area contributed by atoms with E-state index in [1.807, 2.05) is 7.05 Å². The highest BCUT2D eigenvalue weighted by molar-refractivity contribution is 4.60. The molecule has 0 fully saturated rings. The van der Waals surface area contributed by atoms with Gasteiger partial charge in [-0.2, -0.15) is 0 Å². The molecule has 2 unspecified atom stereocenters. The van der Waals surface area contributed by atoms with E-state index in [-0.39, 0.29) is 0 Å². The molecule has 2 nitrogen and oxygen atoms in total. The van der Waals surface area contributed by atoms with Crippen LogP contribution in [0.25, 0.3) is 0 Å². The molecule has 74 valence electrons. The van der Waals surface area contributed by atoms with Gasteiger partial charge in [-0.15, -0.1) is 0 Å². The Morgan fingerprint density at radius 3 is 2.33 bits per heavy atom. The van der Waals surface area contributed by atoms with E-state index in [9.17, 15) is 0 Å². The molecule has 0 aliphatic rings. The second-order valence-corrected chi connectivity index (χ2v) is 3.65. The highest BCUT2D eigenvalue weighted by Crippen LogP contribution is 2.11. The first-order valence-electron chi connectivity index (χ1n) is 4.87. The lowest BCUT2D eigenvalue weighted by atomic mass is 10.00. The summed E-state index contributed by atoms with van der Waals surface area (Å²) in [6, 6.07) is 0.648. The maximum absolute atomic E-state index is 5.03. The lowest BCUT2D eigenvalue weighted by molar-refractivity contribution is 0.177. The Hall–Kier alpha value is -0.0800. The predicted octanol–water partition coefficient (Wildman–Crippen LogP) is 2.05. The van der Waals surface area contributed by atoms with Crippen LogP contribution in [0, 0.1) is 5.92 Å². The minimum atomic E-state index is 0.648. The number of nitrogens with one attached hydrogen (secondary N) is 1. The lowest BCUT2D eigenvalue weighted by Crippen LogP contribution is -2.21. The summed E-state index contributed by atoms with van der Waals surface area (Å²) in [5.41, 5.74) is 0. The maximum Gasteiger partial charge on any atom is 0.0464 e. The molecule has 0 saturated heterocycles. The molecule has 0 radical (unpaired) electrons. The summed E-state index contributed by atoms with van der Waals surface area (Å²) in [6.07, 6.45) is 3.75. The molecule has 0 aromatic rings. The Morgan fingerprint density at radius 1 is 1.17 bits per heavy atom. The van der Waals surface area contributed by atoms with Gasteiger partial charge >= 0.3 is 0 Å². The van der Waals surface area contributed by atoms with E-state index in [4.69, 9.17) is 4.74 Å². The molecule has 0 heterocycles. The summed E-state index contributed by atoms with van der Waals surface area (Å²) >= 11 is 0. The van der Waals surface area contributed by atoms with Crippen molar-refractivity contribution in [1.82, 2.24) is 5.32 Å². The fourth-order valence-electron chi connectivity index (χ4n) is 1.14. The van der Waals surface area contributed by atoms with Gasteiger partial charge in [0.1, 0.15) is 0 Å².